The van der Waals surface area contributed by atoms with Crippen LogP contribution in [0.1, 0.15) is 28.9 Å². The fourth-order valence-electron chi connectivity index (χ4n) is 3.79. The second-order valence-electron chi connectivity index (χ2n) is 8.51. The summed E-state index contributed by atoms with van der Waals surface area (Å²) in [4.78, 5) is 28.1. The summed E-state index contributed by atoms with van der Waals surface area (Å²) < 4.78 is 30.2. The van der Waals surface area contributed by atoms with Gasteiger partial charge in [0.1, 0.15) is 5.82 Å². The van der Waals surface area contributed by atoms with Gasteiger partial charge in [0.2, 0.25) is 0 Å². The maximum atomic E-state index is 12.6. The van der Waals surface area contributed by atoms with Gasteiger partial charge in [0.25, 0.3) is 5.91 Å². The van der Waals surface area contributed by atoms with E-state index < -0.39 is 9.84 Å². The zero-order valence-corrected chi connectivity index (χ0v) is 19.5. The molecule has 3 heterocycles. The lowest BCUT2D eigenvalue weighted by atomic mass is 10.1. The first-order valence-corrected chi connectivity index (χ1v) is 12.7. The third-order valence-corrected chi connectivity index (χ3v) is 8.34. The number of hydrogen-bond donors (Lipinski definition) is 1. The van der Waals surface area contributed by atoms with Crippen LogP contribution in [0, 0.1) is 0 Å². The van der Waals surface area contributed by atoms with E-state index in [-0.39, 0.29) is 28.7 Å². The Hall–Kier alpha value is -3.37. The van der Waals surface area contributed by atoms with Gasteiger partial charge in [-0.05, 0) is 37.1 Å². The number of aromatic nitrogens is 3. The lowest BCUT2D eigenvalue weighted by molar-refractivity contribution is 0.0783. The Morgan fingerprint density at radius 1 is 1.15 bits per heavy atom. The number of anilines is 1. The highest BCUT2D eigenvalue weighted by Crippen LogP contribution is 2.33. The summed E-state index contributed by atoms with van der Waals surface area (Å²) in [6, 6.07) is 10.2. The summed E-state index contributed by atoms with van der Waals surface area (Å²) in [6.45, 7) is 1.72. The highest BCUT2D eigenvalue weighted by atomic mass is 32.2. The van der Waals surface area contributed by atoms with Crippen LogP contribution in [-0.2, 0) is 21.1 Å². The van der Waals surface area contributed by atoms with Crippen molar-refractivity contribution in [2.45, 2.75) is 35.6 Å². The van der Waals surface area contributed by atoms with Crippen LogP contribution < -0.4 is 10.2 Å². The van der Waals surface area contributed by atoms with E-state index in [1.807, 2.05) is 12.1 Å². The molecule has 3 aromatic rings. The number of rotatable bonds is 8. The zero-order valence-electron chi connectivity index (χ0n) is 18.7. The summed E-state index contributed by atoms with van der Waals surface area (Å²) in [5, 5.41) is 2.52. The Morgan fingerprint density at radius 2 is 1.91 bits per heavy atom. The van der Waals surface area contributed by atoms with E-state index in [2.05, 4.69) is 25.2 Å². The highest BCUT2D eigenvalue weighted by molar-refractivity contribution is 7.92. The summed E-state index contributed by atoms with van der Waals surface area (Å²) in [5.74, 6) is 0.529. The number of methoxy groups -OCH3 is 1. The van der Waals surface area contributed by atoms with Crippen molar-refractivity contribution in [2.24, 2.45) is 0 Å². The minimum atomic E-state index is -3.29. The van der Waals surface area contributed by atoms with Crippen LogP contribution in [0.3, 0.4) is 0 Å². The van der Waals surface area contributed by atoms with Gasteiger partial charge >= 0.3 is 0 Å². The molecule has 0 bridgehead atoms. The number of carbonyl (C=O) groups excluding carboxylic acids is 1. The molecule has 0 radical (unpaired) electrons. The molecule has 1 N–H and O–H groups in total. The third-order valence-electron chi connectivity index (χ3n) is 6.08. The van der Waals surface area contributed by atoms with Crippen LogP contribution in [0.2, 0.25) is 0 Å². The number of carbonyl (C=O) groups is 1. The lowest BCUT2D eigenvalue weighted by Gasteiger charge is -2.38. The van der Waals surface area contributed by atoms with E-state index in [1.54, 1.807) is 31.6 Å². The van der Waals surface area contributed by atoms with Crippen LogP contribution in [0.4, 0.5) is 5.82 Å². The van der Waals surface area contributed by atoms with Gasteiger partial charge < -0.3 is 15.0 Å². The molecule has 10 heteroatoms. The normalized spacial score (nSPS) is 16.2. The third kappa shape index (κ3) is 4.64. The SMILES string of the molecule is COC1CN(c2cncc(-c3ccc(C(=O)NCc4cc(S(=O)(=O)C5CC5)ccn4)cc3)n2)C1. The van der Waals surface area contributed by atoms with E-state index in [4.69, 9.17) is 4.74 Å². The molecule has 1 amide bonds. The first-order valence-electron chi connectivity index (χ1n) is 11.1. The predicted octanol–water partition coefficient (Wildman–Crippen LogP) is 2.24. The van der Waals surface area contributed by atoms with Gasteiger partial charge in [0.05, 0.1) is 46.6 Å². The molecular weight excluding hydrogens is 454 g/mol. The van der Waals surface area contributed by atoms with Crippen LogP contribution in [-0.4, -0.2) is 60.8 Å². The van der Waals surface area contributed by atoms with Crippen molar-refractivity contribution in [1.29, 1.82) is 0 Å². The van der Waals surface area contributed by atoms with E-state index in [1.165, 1.54) is 18.3 Å². The number of ether oxygens (including phenoxy) is 1. The minimum Gasteiger partial charge on any atom is -0.378 e. The molecule has 2 fully saturated rings. The molecule has 176 valence electrons. The quantitative estimate of drug-likeness (QED) is 0.523. The van der Waals surface area contributed by atoms with E-state index in [0.29, 0.717) is 24.1 Å². The maximum Gasteiger partial charge on any atom is 0.251 e. The standard InChI is InChI=1S/C24H25N5O4S/c1-33-19-14-29(15-19)23-13-25-12-22(28-23)16-2-4-17(5-3-16)24(30)27-11-18-10-21(8-9-26-18)34(31,32)20-6-7-20/h2-5,8-10,12-13,19-20H,6-7,11,14-15H2,1H3,(H,27,30). The van der Waals surface area contributed by atoms with Crippen LogP contribution >= 0.6 is 0 Å². The van der Waals surface area contributed by atoms with Crippen molar-refractivity contribution >= 4 is 21.6 Å². The Bertz CT molecular complexity index is 1300. The fourth-order valence-corrected chi connectivity index (χ4v) is 5.48. The number of benzene rings is 1. The summed E-state index contributed by atoms with van der Waals surface area (Å²) in [5.41, 5.74) is 2.57. The smallest absolute Gasteiger partial charge is 0.251 e. The average Bonchev–Trinajstić information content (AvgIpc) is 3.69. The highest BCUT2D eigenvalue weighted by Gasteiger charge is 2.37. The van der Waals surface area contributed by atoms with Crippen LogP contribution in [0.25, 0.3) is 11.3 Å². The largest absolute Gasteiger partial charge is 0.378 e. The molecule has 0 unspecified atom stereocenters. The summed E-state index contributed by atoms with van der Waals surface area (Å²) in [7, 11) is -1.59. The van der Waals surface area contributed by atoms with E-state index in [0.717, 1.165) is 30.2 Å². The summed E-state index contributed by atoms with van der Waals surface area (Å²) in [6.07, 6.45) is 6.53. The Balaban J connectivity index is 1.22. The Kier molecular flexibility index (Phi) is 6.01. The molecule has 5 rings (SSSR count). The molecule has 1 aromatic carbocycles. The molecule has 0 atom stereocenters. The van der Waals surface area contributed by atoms with Gasteiger partial charge in [-0.15, -0.1) is 0 Å². The van der Waals surface area contributed by atoms with Crippen molar-refractivity contribution in [1.82, 2.24) is 20.3 Å². The van der Waals surface area contributed by atoms with Gasteiger partial charge in [-0.3, -0.25) is 14.8 Å². The molecule has 1 saturated carbocycles. The van der Waals surface area contributed by atoms with E-state index in [9.17, 15) is 13.2 Å². The Labute approximate surface area is 198 Å². The lowest BCUT2D eigenvalue weighted by Crippen LogP contribution is -2.52. The van der Waals surface area contributed by atoms with Crippen molar-refractivity contribution in [2.75, 3.05) is 25.1 Å². The van der Waals surface area contributed by atoms with Crippen molar-refractivity contribution in [3.05, 3.63) is 66.2 Å². The van der Waals surface area contributed by atoms with Crippen molar-refractivity contribution < 1.29 is 17.9 Å². The molecule has 1 aliphatic carbocycles. The van der Waals surface area contributed by atoms with Gasteiger partial charge in [-0.1, -0.05) is 12.1 Å². The molecule has 1 aliphatic heterocycles. The molecule has 2 aromatic heterocycles. The van der Waals surface area contributed by atoms with Crippen LogP contribution in [0.15, 0.2) is 59.9 Å². The van der Waals surface area contributed by atoms with Gasteiger partial charge in [-0.25, -0.2) is 13.4 Å². The van der Waals surface area contributed by atoms with E-state index >= 15 is 0 Å². The van der Waals surface area contributed by atoms with Crippen LogP contribution in [0.5, 0.6) is 0 Å². The molecule has 9 nitrogen and oxygen atoms in total. The number of amides is 1. The predicted molar refractivity (Wildman–Crippen MR) is 126 cm³/mol. The molecule has 34 heavy (non-hydrogen) atoms. The number of nitrogens with one attached hydrogen (secondary N) is 1. The Morgan fingerprint density at radius 3 is 2.62 bits per heavy atom. The monoisotopic (exact) mass is 479 g/mol. The topological polar surface area (TPSA) is 114 Å². The average molecular weight is 480 g/mol. The number of pyridine rings is 1. The van der Waals surface area contributed by atoms with Gasteiger partial charge in [0.15, 0.2) is 9.84 Å². The molecular formula is C24H25N5O4S. The second-order valence-corrected chi connectivity index (χ2v) is 10.7. The fraction of sp³-hybridized carbons (Fsp3) is 0.333. The maximum absolute atomic E-state index is 12.6. The van der Waals surface area contributed by atoms with Gasteiger partial charge in [-0.2, -0.15) is 0 Å². The number of hydrogen-bond acceptors (Lipinski definition) is 8. The second kappa shape index (κ2) is 9.11. The first kappa shape index (κ1) is 22.4. The number of nitrogens with zero attached hydrogens (tertiary/aromatic N) is 4. The zero-order chi connectivity index (χ0) is 23.7. The van der Waals surface area contributed by atoms with Gasteiger partial charge in [0, 0.05) is 37.5 Å². The molecule has 2 aliphatic rings. The van der Waals surface area contributed by atoms with Crippen molar-refractivity contribution in [3.63, 3.8) is 0 Å². The minimum absolute atomic E-state index is 0.139. The molecule has 1 saturated heterocycles. The molecule has 0 spiro atoms. The summed E-state index contributed by atoms with van der Waals surface area (Å²) >= 11 is 0. The number of sulfone groups is 1. The van der Waals surface area contributed by atoms with Crippen molar-refractivity contribution in [3.8, 4) is 11.3 Å². The first-order chi connectivity index (χ1) is 16.4.